The molecule has 1 N–H and O–H groups in total. The van der Waals surface area contributed by atoms with E-state index in [1.165, 1.54) is 17.1 Å². The van der Waals surface area contributed by atoms with Gasteiger partial charge in [-0.05, 0) is 63.9 Å². The second-order valence-corrected chi connectivity index (χ2v) is 12.4. The summed E-state index contributed by atoms with van der Waals surface area (Å²) in [5, 5.41) is 6.31. The van der Waals surface area contributed by atoms with E-state index in [1.54, 1.807) is 43.1 Å². The Hall–Kier alpha value is -5.07. The highest BCUT2D eigenvalue weighted by Crippen LogP contribution is 2.33. The molecule has 4 aromatic rings. The topological polar surface area (TPSA) is 161 Å². The van der Waals surface area contributed by atoms with Gasteiger partial charge in [0, 0.05) is 12.1 Å². The molecule has 0 spiro atoms. The fourth-order valence-electron chi connectivity index (χ4n) is 4.60. The maximum absolute atomic E-state index is 13.5. The van der Waals surface area contributed by atoms with Crippen LogP contribution >= 0.6 is 0 Å². The number of nitrogens with one attached hydrogen (secondary N) is 1. The van der Waals surface area contributed by atoms with Gasteiger partial charge >= 0.3 is 18.4 Å². The van der Waals surface area contributed by atoms with E-state index < -0.39 is 40.9 Å². The van der Waals surface area contributed by atoms with Crippen LogP contribution in [0.3, 0.4) is 0 Å². The van der Waals surface area contributed by atoms with E-state index in [0.717, 1.165) is 33.5 Å². The second kappa shape index (κ2) is 13.3. The average molecular weight is 685 g/mol. The maximum Gasteiger partial charge on any atom is 0.511 e. The number of alkyl halides is 3. The highest BCUT2D eigenvalue weighted by Gasteiger charge is 2.36. The first-order chi connectivity index (χ1) is 22.2. The molecule has 1 fully saturated rings. The molecule has 1 atom stereocenters. The third-order valence-electron chi connectivity index (χ3n) is 6.86. The fourth-order valence-corrected chi connectivity index (χ4v) is 5.49. The van der Waals surface area contributed by atoms with Crippen LogP contribution in [0.5, 0.6) is 0 Å². The number of sulfonamides is 1. The van der Waals surface area contributed by atoms with Crippen molar-refractivity contribution in [3.8, 4) is 16.9 Å². The molecule has 5 rings (SSSR count). The molecule has 15 nitrogen and oxygen atoms in total. The summed E-state index contributed by atoms with van der Waals surface area (Å²) in [4.78, 5) is 29.9. The molecule has 1 unspecified atom stereocenters. The summed E-state index contributed by atoms with van der Waals surface area (Å²) >= 11 is 0. The molecule has 0 bridgehead atoms. The minimum atomic E-state index is -4.71. The third-order valence-corrected chi connectivity index (χ3v) is 8.19. The zero-order chi connectivity index (χ0) is 33.9. The number of hydrogen-bond donors (Lipinski definition) is 1. The predicted molar refractivity (Wildman–Crippen MR) is 155 cm³/mol. The van der Waals surface area contributed by atoms with Gasteiger partial charge in [0.1, 0.15) is 11.6 Å². The van der Waals surface area contributed by atoms with Crippen molar-refractivity contribution in [3.05, 3.63) is 65.9 Å². The summed E-state index contributed by atoms with van der Waals surface area (Å²) in [5.41, 5.74) is 0.591. The van der Waals surface area contributed by atoms with Gasteiger partial charge in [0.05, 0.1) is 33.4 Å². The van der Waals surface area contributed by atoms with Crippen LogP contribution in [-0.4, -0.2) is 72.5 Å². The van der Waals surface area contributed by atoms with Crippen molar-refractivity contribution < 1.29 is 54.9 Å². The lowest BCUT2D eigenvalue weighted by Crippen LogP contribution is -2.42. The van der Waals surface area contributed by atoms with Crippen LogP contribution < -0.4 is 14.6 Å². The van der Waals surface area contributed by atoms with Crippen molar-refractivity contribution in [3.63, 3.8) is 0 Å². The molecule has 1 aliphatic heterocycles. The van der Waals surface area contributed by atoms with Crippen LogP contribution in [0.25, 0.3) is 16.9 Å². The van der Waals surface area contributed by atoms with Gasteiger partial charge < -0.3 is 19.0 Å². The number of aryl methyl sites for hydroxylation is 1. The normalized spacial score (nSPS) is 15.2. The fraction of sp³-hybridized carbons (Fsp3) is 0.393. The summed E-state index contributed by atoms with van der Waals surface area (Å²) < 4.78 is 89.1. The molecule has 1 aliphatic rings. The van der Waals surface area contributed by atoms with E-state index in [2.05, 4.69) is 5.10 Å². The largest absolute Gasteiger partial charge is 0.511 e. The van der Waals surface area contributed by atoms with Gasteiger partial charge in [-0.2, -0.15) is 22.9 Å². The predicted octanol–water partition coefficient (Wildman–Crippen LogP) is 4.23. The molecule has 3 heterocycles. The van der Waals surface area contributed by atoms with Crippen LogP contribution in [0.15, 0.2) is 64.1 Å². The number of carbonyl (C=O) groups excluding carboxylic acids is 2. The van der Waals surface area contributed by atoms with Crippen LogP contribution in [0.2, 0.25) is 0 Å². The molecular formula is C28H31F3N6O9S. The highest BCUT2D eigenvalue weighted by atomic mass is 32.2. The van der Waals surface area contributed by atoms with Crippen molar-refractivity contribution in [2.75, 3.05) is 25.0 Å². The first kappa shape index (κ1) is 33.3. The highest BCUT2D eigenvalue weighted by molar-refractivity contribution is 7.90. The summed E-state index contributed by atoms with van der Waals surface area (Å²) in [6.45, 7) is 4.98. The number of aromatic nitrogens is 4. The standard InChI is InChI=1S/C28H31F3N6O9S/c1-18(2)45-27(39)43-17-44-37-36(46-37)34-14-4-5-22(34)16-42-26(38)33-47(40,41)23-12-10-21(11-13-23)35-24(15-25(32-35)28(29,30)31)20-8-6-19(3)7-9-20/h6-13,15,18,22H,4-5,14,16-17H2,1-3H3,(H,33,38). The second-order valence-electron chi connectivity index (χ2n) is 10.7. The van der Waals surface area contributed by atoms with E-state index in [9.17, 15) is 31.2 Å². The number of ether oxygens (including phenoxy) is 3. The molecule has 1 amide bonds. The Bertz CT molecular complexity index is 1790. The lowest BCUT2D eigenvalue weighted by molar-refractivity contribution is -0.141. The van der Waals surface area contributed by atoms with Gasteiger partial charge in [0.15, 0.2) is 5.69 Å². The average Bonchev–Trinajstić information content (AvgIpc) is 3.37. The number of hydrogen-bond acceptors (Lipinski definition) is 11. The number of halogens is 3. The van der Waals surface area contributed by atoms with Crippen molar-refractivity contribution in [2.24, 2.45) is 0 Å². The minimum Gasteiger partial charge on any atom is -0.447 e. The minimum absolute atomic E-state index is 0.151. The third kappa shape index (κ3) is 8.21. The van der Waals surface area contributed by atoms with Gasteiger partial charge in [-0.1, -0.05) is 29.8 Å². The number of benzene rings is 2. The Morgan fingerprint density at radius 3 is 2.45 bits per heavy atom. The molecule has 1 saturated heterocycles. The van der Waals surface area contributed by atoms with Gasteiger partial charge in [0.2, 0.25) is 0 Å². The summed E-state index contributed by atoms with van der Waals surface area (Å²) in [5.74, 6) is 0. The summed E-state index contributed by atoms with van der Waals surface area (Å²) in [7, 11) is -4.40. The Morgan fingerprint density at radius 1 is 1.09 bits per heavy atom. The number of rotatable bonds is 11. The van der Waals surface area contributed by atoms with Crippen LogP contribution in [0.1, 0.15) is 37.9 Å². The molecular weight excluding hydrogens is 653 g/mol. The Labute approximate surface area is 266 Å². The Kier molecular flexibility index (Phi) is 9.45. The van der Waals surface area contributed by atoms with Crippen molar-refractivity contribution in [2.45, 2.75) is 56.8 Å². The van der Waals surface area contributed by atoms with Gasteiger partial charge in [0.25, 0.3) is 16.8 Å². The van der Waals surface area contributed by atoms with E-state index in [4.69, 9.17) is 23.7 Å². The smallest absolute Gasteiger partial charge is 0.447 e. The number of carbonyl (C=O) groups is 2. The van der Waals surface area contributed by atoms with Crippen LogP contribution in [-0.2, 0) is 30.4 Å². The monoisotopic (exact) mass is 684 g/mol. The van der Waals surface area contributed by atoms with Gasteiger partial charge in [-0.25, -0.2) is 27.4 Å². The summed E-state index contributed by atoms with van der Waals surface area (Å²) in [6, 6.07) is 12.2. The molecule has 2 aromatic heterocycles. The first-order valence-corrected chi connectivity index (χ1v) is 15.7. The molecule has 0 saturated carbocycles. The SMILES string of the molecule is Cc1ccc(-c2cc(C(F)(F)F)nn2-c2ccc(S(=O)(=O)NC(=O)OCC3CCCN3n3on3OCOC(=O)OC(C)C)cc2)cc1. The molecule has 19 heteroatoms. The lowest BCUT2D eigenvalue weighted by atomic mass is 10.1. The van der Waals surface area contributed by atoms with Crippen molar-refractivity contribution >= 4 is 22.3 Å². The van der Waals surface area contributed by atoms with Crippen molar-refractivity contribution in [1.82, 2.24) is 24.5 Å². The molecule has 0 aliphatic carbocycles. The van der Waals surface area contributed by atoms with Crippen molar-refractivity contribution in [1.29, 1.82) is 0 Å². The number of nitrogens with zero attached hydrogens (tertiary/aromatic N) is 5. The molecule has 254 valence electrons. The zero-order valence-corrected chi connectivity index (χ0v) is 26.2. The zero-order valence-electron chi connectivity index (χ0n) is 25.3. The number of amides is 1. The van der Waals surface area contributed by atoms with Crippen LogP contribution in [0, 0.1) is 6.92 Å². The summed E-state index contributed by atoms with van der Waals surface area (Å²) in [6.07, 6.45) is -5.93. The quantitative estimate of drug-likeness (QED) is 0.178. The van der Waals surface area contributed by atoms with E-state index in [0.29, 0.717) is 24.9 Å². The van der Waals surface area contributed by atoms with Crippen LogP contribution in [0.4, 0.5) is 22.8 Å². The Balaban J connectivity index is 1.18. The maximum atomic E-state index is 13.5. The van der Waals surface area contributed by atoms with Gasteiger partial charge in [-0.3, -0.25) is 5.01 Å². The molecule has 0 radical (unpaired) electrons. The van der Waals surface area contributed by atoms with E-state index in [-0.39, 0.29) is 35.0 Å². The van der Waals surface area contributed by atoms with E-state index in [1.807, 2.05) is 11.6 Å². The molecule has 47 heavy (non-hydrogen) atoms. The molecule has 2 aromatic carbocycles. The van der Waals surface area contributed by atoms with E-state index >= 15 is 0 Å². The first-order valence-electron chi connectivity index (χ1n) is 14.3. The van der Waals surface area contributed by atoms with Gasteiger partial charge in [-0.15, -0.1) is 0 Å². The lowest BCUT2D eigenvalue weighted by Gasteiger charge is -2.19. The Morgan fingerprint density at radius 2 is 1.79 bits per heavy atom.